The first-order valence-electron chi connectivity index (χ1n) is 6.44. The van der Waals surface area contributed by atoms with Crippen molar-refractivity contribution in [3.8, 4) is 5.75 Å². The summed E-state index contributed by atoms with van der Waals surface area (Å²) in [5.41, 5.74) is 1.54. The van der Waals surface area contributed by atoms with Gasteiger partial charge in [-0.2, -0.15) is 0 Å². The minimum absolute atomic E-state index is 0.288. The zero-order valence-electron chi connectivity index (χ0n) is 11.3. The molecular formula is C15H23NO. The van der Waals surface area contributed by atoms with Gasteiger partial charge in [-0.05, 0) is 43.9 Å². The van der Waals surface area contributed by atoms with Crippen LogP contribution in [0.1, 0.15) is 32.3 Å². The maximum Gasteiger partial charge on any atom is 0.122 e. The van der Waals surface area contributed by atoms with Crippen LogP contribution >= 0.6 is 0 Å². The molecule has 2 rings (SSSR count). The first-order chi connectivity index (χ1) is 8.04. The molecule has 2 atom stereocenters. The highest BCUT2D eigenvalue weighted by Crippen LogP contribution is 2.39. The van der Waals surface area contributed by atoms with Gasteiger partial charge in [-0.15, -0.1) is 0 Å². The van der Waals surface area contributed by atoms with E-state index in [0.717, 1.165) is 12.2 Å². The van der Waals surface area contributed by atoms with Gasteiger partial charge in [0.15, 0.2) is 0 Å². The summed E-state index contributed by atoms with van der Waals surface area (Å²) >= 11 is 0. The van der Waals surface area contributed by atoms with Crippen LogP contribution in [0.15, 0.2) is 24.3 Å². The van der Waals surface area contributed by atoms with Crippen LogP contribution in [-0.2, 0) is 0 Å². The quantitative estimate of drug-likeness (QED) is 0.866. The highest BCUT2D eigenvalue weighted by molar-refractivity contribution is 5.32. The predicted octanol–water partition coefficient (Wildman–Crippen LogP) is 3.15. The Morgan fingerprint density at radius 2 is 2.00 bits per heavy atom. The number of nitrogens with one attached hydrogen (secondary N) is 1. The van der Waals surface area contributed by atoms with Gasteiger partial charge in [0.2, 0.25) is 0 Å². The predicted molar refractivity (Wildman–Crippen MR) is 71.5 cm³/mol. The molecule has 1 aliphatic rings. The lowest BCUT2D eigenvalue weighted by atomic mass is 9.87. The van der Waals surface area contributed by atoms with E-state index in [1.807, 2.05) is 13.1 Å². The summed E-state index contributed by atoms with van der Waals surface area (Å²) in [6, 6.07) is 8.69. The summed E-state index contributed by atoms with van der Waals surface area (Å²) in [7, 11) is 2.03. The number of hydrogen-bond donors (Lipinski definition) is 1. The van der Waals surface area contributed by atoms with Crippen molar-refractivity contribution >= 4 is 0 Å². The fourth-order valence-corrected chi connectivity index (χ4v) is 2.90. The summed E-state index contributed by atoms with van der Waals surface area (Å²) in [5.74, 6) is 1.02. The maximum absolute atomic E-state index is 6.18. The Hall–Kier alpha value is -1.02. The largest absolute Gasteiger partial charge is 0.489 e. The van der Waals surface area contributed by atoms with Crippen LogP contribution in [0.25, 0.3) is 0 Å². The van der Waals surface area contributed by atoms with Crippen molar-refractivity contribution in [3.63, 3.8) is 0 Å². The van der Waals surface area contributed by atoms with Crippen molar-refractivity contribution in [2.75, 3.05) is 7.05 Å². The number of aryl methyl sites for hydroxylation is 1. The van der Waals surface area contributed by atoms with Crippen LogP contribution in [0.3, 0.4) is 0 Å². The molecule has 1 aromatic carbocycles. The molecule has 1 aromatic rings. The molecule has 94 valence electrons. The fourth-order valence-electron chi connectivity index (χ4n) is 2.90. The van der Waals surface area contributed by atoms with E-state index < -0.39 is 0 Å². The zero-order chi connectivity index (χ0) is 12.5. The normalized spacial score (nSPS) is 27.1. The lowest BCUT2D eigenvalue weighted by Crippen LogP contribution is -2.44. The zero-order valence-corrected chi connectivity index (χ0v) is 11.3. The molecule has 0 aliphatic heterocycles. The molecule has 0 radical (unpaired) electrons. The number of likely N-dealkylation sites (N-methyl/N-ethyl adjacent to an activating group) is 1. The highest BCUT2D eigenvalue weighted by Gasteiger charge is 2.42. The first-order valence-corrected chi connectivity index (χ1v) is 6.44. The molecular weight excluding hydrogens is 210 g/mol. The summed E-state index contributed by atoms with van der Waals surface area (Å²) in [6.07, 6.45) is 2.64. The van der Waals surface area contributed by atoms with Crippen LogP contribution in [-0.4, -0.2) is 19.2 Å². The molecule has 2 heteroatoms. The van der Waals surface area contributed by atoms with Crippen molar-refractivity contribution in [2.24, 2.45) is 5.41 Å². The van der Waals surface area contributed by atoms with E-state index in [1.54, 1.807) is 0 Å². The molecule has 2 unspecified atom stereocenters. The smallest absolute Gasteiger partial charge is 0.122 e. The monoisotopic (exact) mass is 233 g/mol. The van der Waals surface area contributed by atoms with Crippen LogP contribution in [0.5, 0.6) is 5.75 Å². The summed E-state index contributed by atoms with van der Waals surface area (Å²) in [4.78, 5) is 0. The Morgan fingerprint density at radius 3 is 2.65 bits per heavy atom. The molecule has 0 spiro atoms. The van der Waals surface area contributed by atoms with E-state index in [2.05, 4.69) is 44.3 Å². The number of para-hydroxylation sites is 1. The standard InChI is InChI=1S/C15H23NO/c1-11-7-5-6-8-12(11)17-13-9-10-15(2,3)14(13)16-4/h5-8,13-14,16H,9-10H2,1-4H3. The van der Waals surface area contributed by atoms with E-state index in [4.69, 9.17) is 4.74 Å². The average molecular weight is 233 g/mol. The Balaban J connectivity index is 2.12. The lowest BCUT2D eigenvalue weighted by Gasteiger charge is -2.30. The molecule has 0 saturated heterocycles. The second-order valence-corrected chi connectivity index (χ2v) is 5.72. The molecule has 17 heavy (non-hydrogen) atoms. The molecule has 1 saturated carbocycles. The van der Waals surface area contributed by atoms with E-state index in [-0.39, 0.29) is 6.10 Å². The SMILES string of the molecule is CNC1C(Oc2ccccc2C)CCC1(C)C. The minimum atomic E-state index is 0.288. The molecule has 1 fully saturated rings. The van der Waals surface area contributed by atoms with Crippen molar-refractivity contribution in [2.45, 2.75) is 45.8 Å². The third-order valence-electron chi connectivity index (χ3n) is 3.97. The second-order valence-electron chi connectivity index (χ2n) is 5.72. The van der Waals surface area contributed by atoms with E-state index in [9.17, 15) is 0 Å². The van der Waals surface area contributed by atoms with Gasteiger partial charge < -0.3 is 10.1 Å². The maximum atomic E-state index is 6.18. The van der Waals surface area contributed by atoms with E-state index >= 15 is 0 Å². The molecule has 0 amide bonds. The van der Waals surface area contributed by atoms with Crippen LogP contribution in [0.4, 0.5) is 0 Å². The van der Waals surface area contributed by atoms with Crippen LogP contribution < -0.4 is 10.1 Å². The second kappa shape index (κ2) is 4.69. The lowest BCUT2D eigenvalue weighted by molar-refractivity contribution is 0.145. The van der Waals surface area contributed by atoms with Crippen molar-refractivity contribution in [3.05, 3.63) is 29.8 Å². The molecule has 0 bridgehead atoms. The highest BCUT2D eigenvalue weighted by atomic mass is 16.5. The molecule has 0 heterocycles. The van der Waals surface area contributed by atoms with Gasteiger partial charge in [0, 0.05) is 6.04 Å². The first kappa shape index (κ1) is 12.4. The molecule has 0 aromatic heterocycles. The van der Waals surface area contributed by atoms with Gasteiger partial charge in [0.25, 0.3) is 0 Å². The molecule has 1 aliphatic carbocycles. The van der Waals surface area contributed by atoms with Gasteiger partial charge in [-0.1, -0.05) is 32.0 Å². The molecule has 2 nitrogen and oxygen atoms in total. The van der Waals surface area contributed by atoms with Gasteiger partial charge in [-0.3, -0.25) is 0 Å². The summed E-state index contributed by atoms with van der Waals surface area (Å²) in [6.45, 7) is 6.73. The van der Waals surface area contributed by atoms with Gasteiger partial charge in [-0.25, -0.2) is 0 Å². The van der Waals surface area contributed by atoms with Crippen molar-refractivity contribution in [1.29, 1.82) is 0 Å². The summed E-state index contributed by atoms with van der Waals surface area (Å²) < 4.78 is 6.18. The Kier molecular flexibility index (Phi) is 3.43. The minimum Gasteiger partial charge on any atom is -0.489 e. The Labute approximate surface area is 104 Å². The van der Waals surface area contributed by atoms with Gasteiger partial charge >= 0.3 is 0 Å². The fraction of sp³-hybridized carbons (Fsp3) is 0.600. The van der Waals surface area contributed by atoms with E-state index in [0.29, 0.717) is 11.5 Å². The third kappa shape index (κ3) is 2.47. The number of ether oxygens (including phenoxy) is 1. The average Bonchev–Trinajstić information content (AvgIpc) is 2.57. The third-order valence-corrected chi connectivity index (χ3v) is 3.97. The number of hydrogen-bond acceptors (Lipinski definition) is 2. The number of rotatable bonds is 3. The Bertz CT molecular complexity index is 386. The van der Waals surface area contributed by atoms with E-state index in [1.165, 1.54) is 12.0 Å². The van der Waals surface area contributed by atoms with Crippen LogP contribution in [0, 0.1) is 12.3 Å². The van der Waals surface area contributed by atoms with Crippen LogP contribution in [0.2, 0.25) is 0 Å². The van der Waals surface area contributed by atoms with Gasteiger partial charge in [0.05, 0.1) is 0 Å². The van der Waals surface area contributed by atoms with Crippen molar-refractivity contribution in [1.82, 2.24) is 5.32 Å². The Morgan fingerprint density at radius 1 is 1.29 bits per heavy atom. The van der Waals surface area contributed by atoms with Crippen molar-refractivity contribution < 1.29 is 4.74 Å². The number of benzene rings is 1. The van der Waals surface area contributed by atoms with Gasteiger partial charge in [0.1, 0.15) is 11.9 Å². The summed E-state index contributed by atoms with van der Waals surface area (Å²) in [5, 5.41) is 3.42. The molecule has 1 N–H and O–H groups in total. The topological polar surface area (TPSA) is 21.3 Å².